The molecule has 0 spiro atoms. The smallest absolute Gasteiger partial charge is 0.308 e. The summed E-state index contributed by atoms with van der Waals surface area (Å²) in [5, 5.41) is 10.1. The zero-order valence-electron chi connectivity index (χ0n) is 13.8. The van der Waals surface area contributed by atoms with Gasteiger partial charge >= 0.3 is 5.97 Å². The number of rotatable bonds is 5. The minimum Gasteiger partial charge on any atom is -0.507 e. The zero-order valence-corrected chi connectivity index (χ0v) is 17.0. The monoisotopic (exact) mass is 470 g/mol. The molecular weight excluding hydrogens is 456 g/mol. The maximum Gasteiger partial charge on any atom is 0.308 e. The number of aldehydes is 1. The quantitative estimate of drug-likeness (QED) is 0.350. The van der Waals surface area contributed by atoms with Crippen LogP contribution in [0.15, 0.2) is 33.2 Å². The number of benzene rings is 2. The van der Waals surface area contributed by atoms with Crippen molar-refractivity contribution in [3.63, 3.8) is 0 Å². The largest absolute Gasteiger partial charge is 0.507 e. The minimum absolute atomic E-state index is 0.0143. The number of esters is 1. The summed E-state index contributed by atoms with van der Waals surface area (Å²) in [6.07, 6.45) is 0.585. The Kier molecular flexibility index (Phi) is 6.24. The van der Waals surface area contributed by atoms with Gasteiger partial charge in [-0.25, -0.2) is 0 Å². The van der Waals surface area contributed by atoms with E-state index in [4.69, 9.17) is 9.47 Å². The molecule has 0 unspecified atom stereocenters. The molecule has 0 heterocycles. The predicted molar refractivity (Wildman–Crippen MR) is 101 cm³/mol. The van der Waals surface area contributed by atoms with Crippen LogP contribution in [0.4, 0.5) is 0 Å². The van der Waals surface area contributed by atoms with E-state index in [0.717, 1.165) is 0 Å². The first-order valence-corrected chi connectivity index (χ1v) is 8.99. The molecule has 5 nitrogen and oxygen atoms in total. The number of hydrogen-bond donors (Lipinski definition) is 1. The van der Waals surface area contributed by atoms with Crippen LogP contribution in [0.3, 0.4) is 0 Å². The molecule has 0 radical (unpaired) electrons. The summed E-state index contributed by atoms with van der Waals surface area (Å²) in [6.45, 7) is 5.14. The van der Waals surface area contributed by atoms with Crippen LogP contribution in [0.25, 0.3) is 0 Å². The van der Waals surface area contributed by atoms with E-state index in [1.807, 2.05) is 13.8 Å². The van der Waals surface area contributed by atoms with E-state index in [1.54, 1.807) is 18.2 Å². The molecular formula is C18H16Br2O5. The molecule has 2 aromatic rings. The number of aromatic hydroxyl groups is 1. The van der Waals surface area contributed by atoms with Crippen LogP contribution < -0.4 is 9.47 Å². The molecule has 0 bridgehead atoms. The van der Waals surface area contributed by atoms with Crippen LogP contribution in [-0.2, 0) is 4.79 Å². The minimum atomic E-state index is -0.428. The van der Waals surface area contributed by atoms with Gasteiger partial charge in [0, 0.05) is 12.5 Å². The average Bonchev–Trinajstić information content (AvgIpc) is 2.51. The van der Waals surface area contributed by atoms with E-state index in [0.29, 0.717) is 38.0 Å². The van der Waals surface area contributed by atoms with Gasteiger partial charge in [-0.15, -0.1) is 0 Å². The van der Waals surface area contributed by atoms with Crippen molar-refractivity contribution in [2.75, 3.05) is 0 Å². The first kappa shape index (κ1) is 19.5. The Balaban J connectivity index is 2.44. The number of hydrogen-bond acceptors (Lipinski definition) is 5. The van der Waals surface area contributed by atoms with Gasteiger partial charge in [0.1, 0.15) is 17.2 Å². The Morgan fingerprint density at radius 3 is 2.20 bits per heavy atom. The molecule has 0 amide bonds. The molecule has 1 N–H and O–H groups in total. The lowest BCUT2D eigenvalue weighted by atomic mass is 9.99. The summed E-state index contributed by atoms with van der Waals surface area (Å²) in [4.78, 5) is 22.3. The number of carbonyl (C=O) groups excluding carboxylic acids is 2. The predicted octanol–water partition coefficient (Wildman–Crippen LogP) is 5.57. The van der Waals surface area contributed by atoms with Gasteiger partial charge in [-0.1, -0.05) is 13.8 Å². The Bertz CT molecular complexity index is 807. The van der Waals surface area contributed by atoms with E-state index >= 15 is 0 Å². The van der Waals surface area contributed by atoms with E-state index < -0.39 is 5.97 Å². The normalized spacial score (nSPS) is 10.6. The number of halogens is 2. The summed E-state index contributed by atoms with van der Waals surface area (Å²) >= 11 is 6.76. The number of phenols is 1. The zero-order chi connectivity index (χ0) is 18.7. The first-order chi connectivity index (χ1) is 11.7. The van der Waals surface area contributed by atoms with Crippen LogP contribution >= 0.6 is 31.9 Å². The van der Waals surface area contributed by atoms with Crippen molar-refractivity contribution in [2.24, 2.45) is 0 Å². The molecule has 0 aliphatic heterocycles. The summed E-state index contributed by atoms with van der Waals surface area (Å²) in [5.74, 6) is 0.767. The summed E-state index contributed by atoms with van der Waals surface area (Å²) in [6, 6.07) is 6.36. The topological polar surface area (TPSA) is 72.8 Å². The summed E-state index contributed by atoms with van der Waals surface area (Å²) in [7, 11) is 0. The van der Waals surface area contributed by atoms with Crippen molar-refractivity contribution in [2.45, 2.75) is 26.7 Å². The van der Waals surface area contributed by atoms with Crippen molar-refractivity contribution in [3.8, 4) is 23.0 Å². The molecule has 132 valence electrons. The van der Waals surface area contributed by atoms with Crippen molar-refractivity contribution in [1.82, 2.24) is 0 Å². The molecule has 0 aromatic heterocycles. The van der Waals surface area contributed by atoms with Gasteiger partial charge in [-0.2, -0.15) is 0 Å². The molecule has 0 atom stereocenters. The molecule has 0 aliphatic carbocycles. The second-order valence-corrected chi connectivity index (χ2v) is 7.34. The Hall–Kier alpha value is -1.86. The van der Waals surface area contributed by atoms with Gasteiger partial charge in [-0.05, 0) is 62.0 Å². The van der Waals surface area contributed by atoms with Gasteiger partial charge < -0.3 is 14.6 Å². The van der Waals surface area contributed by atoms with Gasteiger partial charge in [0.05, 0.1) is 14.5 Å². The molecule has 7 heteroatoms. The van der Waals surface area contributed by atoms with Crippen LogP contribution in [-0.4, -0.2) is 17.4 Å². The van der Waals surface area contributed by atoms with Crippen molar-refractivity contribution in [1.29, 1.82) is 0 Å². The fourth-order valence-electron chi connectivity index (χ4n) is 2.22. The third kappa shape index (κ3) is 4.61. The fraction of sp³-hybridized carbons (Fsp3) is 0.222. The van der Waals surface area contributed by atoms with Crippen molar-refractivity contribution in [3.05, 3.63) is 44.3 Å². The van der Waals surface area contributed by atoms with Crippen molar-refractivity contribution < 1.29 is 24.2 Å². The fourth-order valence-corrected chi connectivity index (χ4v) is 3.52. The Morgan fingerprint density at radius 1 is 1.12 bits per heavy atom. The van der Waals surface area contributed by atoms with Crippen LogP contribution in [0.2, 0.25) is 0 Å². The molecule has 0 saturated heterocycles. The van der Waals surface area contributed by atoms with E-state index in [2.05, 4.69) is 31.9 Å². The maximum atomic E-state index is 11.2. The highest BCUT2D eigenvalue weighted by atomic mass is 79.9. The Labute approximate surface area is 162 Å². The van der Waals surface area contributed by atoms with E-state index in [-0.39, 0.29) is 17.2 Å². The Morgan fingerprint density at radius 2 is 1.72 bits per heavy atom. The van der Waals surface area contributed by atoms with E-state index in [9.17, 15) is 14.7 Å². The highest BCUT2D eigenvalue weighted by Crippen LogP contribution is 2.41. The maximum absolute atomic E-state index is 11.2. The number of phenolic OH excluding ortho intramolecular Hbond substituents is 1. The number of ether oxygens (including phenoxy) is 2. The van der Waals surface area contributed by atoms with Crippen LogP contribution in [0, 0.1) is 0 Å². The summed E-state index contributed by atoms with van der Waals surface area (Å²) in [5.41, 5.74) is 0.772. The van der Waals surface area contributed by atoms with Gasteiger partial charge in [0.2, 0.25) is 0 Å². The first-order valence-electron chi connectivity index (χ1n) is 7.40. The molecule has 0 fully saturated rings. The molecule has 0 saturated carbocycles. The molecule has 25 heavy (non-hydrogen) atoms. The lowest BCUT2D eigenvalue weighted by Gasteiger charge is -2.15. The highest BCUT2D eigenvalue weighted by Gasteiger charge is 2.16. The third-order valence-electron chi connectivity index (χ3n) is 3.34. The van der Waals surface area contributed by atoms with Gasteiger partial charge in [-0.3, -0.25) is 9.59 Å². The molecule has 2 rings (SSSR count). The van der Waals surface area contributed by atoms with Crippen molar-refractivity contribution >= 4 is 44.1 Å². The SMILES string of the molecule is CC(=O)Oc1cc(Br)c(Oc2cc(C=O)c(O)c(C(C)C)c2)c(Br)c1. The van der Waals surface area contributed by atoms with Gasteiger partial charge in [0.15, 0.2) is 12.0 Å². The van der Waals surface area contributed by atoms with Gasteiger partial charge in [0.25, 0.3) is 0 Å². The lowest BCUT2D eigenvalue weighted by molar-refractivity contribution is -0.131. The number of carbonyl (C=O) groups is 2. The average molecular weight is 472 g/mol. The standard InChI is InChI=1S/C18H16Br2O5/c1-9(2)14-5-12(4-11(8-21)17(14)23)25-18-15(19)6-13(7-16(18)20)24-10(3)22/h4-9,23H,1-3H3. The summed E-state index contributed by atoms with van der Waals surface area (Å²) < 4.78 is 12.1. The molecule has 2 aromatic carbocycles. The van der Waals surface area contributed by atoms with Crippen LogP contribution in [0.1, 0.15) is 42.6 Å². The lowest BCUT2D eigenvalue weighted by Crippen LogP contribution is -2.01. The van der Waals surface area contributed by atoms with Crippen LogP contribution in [0.5, 0.6) is 23.0 Å². The van der Waals surface area contributed by atoms with E-state index in [1.165, 1.54) is 13.0 Å². The molecule has 0 aliphatic rings. The second-order valence-electron chi connectivity index (χ2n) is 5.63. The highest BCUT2D eigenvalue weighted by molar-refractivity contribution is 9.11. The third-order valence-corrected chi connectivity index (χ3v) is 4.52. The second kappa shape index (κ2) is 8.01.